The summed E-state index contributed by atoms with van der Waals surface area (Å²) in [5.41, 5.74) is -0.464. The summed E-state index contributed by atoms with van der Waals surface area (Å²) in [6.45, 7) is 0. The van der Waals surface area contributed by atoms with Crippen LogP contribution in [0.15, 0.2) is 30.3 Å². The van der Waals surface area contributed by atoms with Crippen molar-refractivity contribution in [2.75, 3.05) is 0 Å². The highest BCUT2D eigenvalue weighted by atomic mass is 16.6. The number of benzene rings is 2. The molecule has 16 heavy (non-hydrogen) atoms. The molecule has 0 aliphatic heterocycles. The third kappa shape index (κ3) is 1.31. The Bertz CT molecular complexity index is 631. The van der Waals surface area contributed by atoms with E-state index in [-0.39, 0.29) is 22.1 Å². The summed E-state index contributed by atoms with van der Waals surface area (Å²) < 4.78 is 0. The average Bonchev–Trinajstić information content (AvgIpc) is 2.28. The van der Waals surface area contributed by atoms with Gasteiger partial charge in [0, 0.05) is 6.07 Å². The first kappa shape index (κ1) is 9.86. The predicted octanol–water partition coefficient (Wildman–Crippen LogP) is 2.31. The van der Waals surface area contributed by atoms with Gasteiger partial charge < -0.3 is 5.11 Å². The van der Waals surface area contributed by atoms with Gasteiger partial charge in [0.1, 0.15) is 0 Å². The lowest BCUT2D eigenvalue weighted by atomic mass is 10.1. The topological polar surface area (TPSA) is 94.3 Å². The number of hydrogen-bond donors (Lipinski definition) is 0. The first-order valence-corrected chi connectivity index (χ1v) is 4.37. The lowest BCUT2D eigenvalue weighted by molar-refractivity contribution is -0.383. The van der Waals surface area contributed by atoms with Crippen LogP contribution in [0, 0.1) is 15.5 Å². The van der Waals surface area contributed by atoms with Crippen LogP contribution in [0.2, 0.25) is 0 Å². The molecule has 0 amide bonds. The van der Waals surface area contributed by atoms with E-state index in [1.54, 1.807) is 12.1 Å². The largest absolute Gasteiger partial charge is 0.867 e. The number of nitro benzene ring substituents is 1. The molecule has 0 aliphatic rings. The zero-order chi connectivity index (χ0) is 11.7. The fraction of sp³-hybridized carbons (Fsp3) is 0. The Morgan fingerprint density at radius 2 is 1.88 bits per heavy atom. The summed E-state index contributed by atoms with van der Waals surface area (Å²) in [7, 11) is 0. The second-order valence-electron chi connectivity index (χ2n) is 3.15. The lowest BCUT2D eigenvalue weighted by Gasteiger charge is -2.04. The van der Waals surface area contributed by atoms with Crippen molar-refractivity contribution < 1.29 is 10.0 Å². The molecule has 0 fully saturated rings. The van der Waals surface area contributed by atoms with Crippen molar-refractivity contribution in [3.63, 3.8) is 0 Å². The SMILES string of the molecule is N#[N+]c1c([O-])cc([N+](=O)[O-])c2ccccc12. The van der Waals surface area contributed by atoms with Crippen LogP contribution < -0.4 is 5.11 Å². The van der Waals surface area contributed by atoms with Crippen LogP contribution in [0.3, 0.4) is 0 Å². The van der Waals surface area contributed by atoms with Gasteiger partial charge in [0.25, 0.3) is 5.69 Å². The Kier molecular flexibility index (Phi) is 2.14. The number of non-ortho nitro benzene ring substituents is 1. The summed E-state index contributed by atoms with van der Waals surface area (Å²) in [4.78, 5) is 13.0. The molecule has 0 aromatic heterocycles. The number of diazo groups is 1. The van der Waals surface area contributed by atoms with Gasteiger partial charge in [0.05, 0.1) is 15.7 Å². The first-order chi connectivity index (χ1) is 7.65. The molecule has 6 heteroatoms. The number of fused-ring (bicyclic) bond motifs is 1. The molecule has 0 aliphatic carbocycles. The van der Waals surface area contributed by atoms with E-state index in [0.717, 1.165) is 6.07 Å². The third-order valence-corrected chi connectivity index (χ3v) is 2.26. The number of hydrogen-bond acceptors (Lipinski definition) is 4. The number of nitro groups is 1. The molecule has 0 saturated heterocycles. The van der Waals surface area contributed by atoms with E-state index < -0.39 is 10.7 Å². The summed E-state index contributed by atoms with van der Waals surface area (Å²) in [6, 6.07) is 7.08. The van der Waals surface area contributed by atoms with Crippen LogP contribution in [0.4, 0.5) is 11.4 Å². The normalized spacial score (nSPS) is 9.94. The van der Waals surface area contributed by atoms with E-state index in [9.17, 15) is 15.2 Å². The molecule has 2 aromatic rings. The highest BCUT2D eigenvalue weighted by Crippen LogP contribution is 2.38. The smallest absolute Gasteiger partial charge is 0.385 e. The van der Waals surface area contributed by atoms with Crippen LogP contribution >= 0.6 is 0 Å². The second-order valence-corrected chi connectivity index (χ2v) is 3.15. The molecular weight excluding hydrogens is 210 g/mol. The van der Waals surface area contributed by atoms with Gasteiger partial charge in [0.2, 0.25) is 5.39 Å². The Hall–Kier alpha value is -2.68. The molecule has 0 N–H and O–H groups in total. The molecule has 0 spiro atoms. The highest BCUT2D eigenvalue weighted by molar-refractivity contribution is 6.02. The third-order valence-electron chi connectivity index (χ3n) is 2.26. The predicted molar refractivity (Wildman–Crippen MR) is 54.8 cm³/mol. The van der Waals surface area contributed by atoms with Crippen LogP contribution in [0.25, 0.3) is 15.7 Å². The maximum atomic E-state index is 11.4. The maximum absolute atomic E-state index is 11.4. The van der Waals surface area contributed by atoms with Gasteiger partial charge >= 0.3 is 5.69 Å². The molecule has 2 aromatic carbocycles. The molecule has 0 radical (unpaired) electrons. The van der Waals surface area contributed by atoms with Crippen molar-refractivity contribution in [3.05, 3.63) is 45.4 Å². The quantitative estimate of drug-likeness (QED) is 0.414. The van der Waals surface area contributed by atoms with Gasteiger partial charge in [-0.25, -0.2) is 0 Å². The van der Waals surface area contributed by atoms with E-state index in [1.807, 2.05) is 0 Å². The molecule has 0 atom stereocenters. The van der Waals surface area contributed by atoms with E-state index >= 15 is 0 Å². The van der Waals surface area contributed by atoms with Crippen molar-refractivity contribution in [2.24, 2.45) is 0 Å². The monoisotopic (exact) mass is 215 g/mol. The highest BCUT2D eigenvalue weighted by Gasteiger charge is 2.21. The zero-order valence-electron chi connectivity index (χ0n) is 7.95. The summed E-state index contributed by atoms with van der Waals surface area (Å²) in [6.07, 6.45) is 0. The number of rotatable bonds is 1. The lowest BCUT2D eigenvalue weighted by Crippen LogP contribution is -1.95. The molecule has 0 bridgehead atoms. The van der Waals surface area contributed by atoms with Gasteiger partial charge in [0.15, 0.2) is 4.98 Å². The first-order valence-electron chi connectivity index (χ1n) is 4.37. The summed E-state index contributed by atoms with van der Waals surface area (Å²) in [5, 5.41) is 31.4. The maximum Gasteiger partial charge on any atom is 0.385 e. The van der Waals surface area contributed by atoms with Crippen molar-refractivity contribution in [2.45, 2.75) is 0 Å². The van der Waals surface area contributed by atoms with Crippen molar-refractivity contribution in [1.82, 2.24) is 0 Å². The molecule has 0 unspecified atom stereocenters. The Morgan fingerprint density at radius 3 is 2.44 bits per heavy atom. The summed E-state index contributed by atoms with van der Waals surface area (Å²) >= 11 is 0. The Balaban J connectivity index is 2.98. The number of nitrogens with zero attached hydrogens (tertiary/aromatic N) is 3. The van der Waals surface area contributed by atoms with Gasteiger partial charge in [-0.3, -0.25) is 10.1 Å². The zero-order valence-corrected chi connectivity index (χ0v) is 7.95. The molecule has 0 saturated carbocycles. The summed E-state index contributed by atoms with van der Waals surface area (Å²) in [5.74, 6) is -0.673. The van der Waals surface area contributed by atoms with E-state index in [2.05, 4.69) is 4.98 Å². The Labute approximate surface area is 89.5 Å². The second kappa shape index (κ2) is 3.47. The molecular formula is C10H5N3O3. The molecule has 6 nitrogen and oxygen atoms in total. The van der Waals surface area contributed by atoms with Crippen molar-refractivity contribution in [1.29, 1.82) is 5.39 Å². The van der Waals surface area contributed by atoms with Gasteiger partial charge in [-0.2, -0.15) is 0 Å². The minimum absolute atomic E-state index is 0.179. The molecule has 0 heterocycles. The van der Waals surface area contributed by atoms with Crippen LogP contribution in [-0.4, -0.2) is 4.92 Å². The van der Waals surface area contributed by atoms with Crippen molar-refractivity contribution in [3.8, 4) is 5.75 Å². The van der Waals surface area contributed by atoms with Crippen LogP contribution in [0.5, 0.6) is 5.75 Å². The van der Waals surface area contributed by atoms with E-state index in [4.69, 9.17) is 5.39 Å². The standard InChI is InChI=1S/C10H5N3O3/c11-12-10-7-4-2-1-3-6(7)8(13(15)16)5-9(10)14/h1-5H. The minimum Gasteiger partial charge on any atom is -0.867 e. The fourth-order valence-electron chi connectivity index (χ4n) is 1.57. The van der Waals surface area contributed by atoms with E-state index in [0.29, 0.717) is 0 Å². The van der Waals surface area contributed by atoms with Crippen molar-refractivity contribution >= 4 is 22.1 Å². The van der Waals surface area contributed by atoms with Gasteiger partial charge in [-0.1, -0.05) is 12.1 Å². The minimum atomic E-state index is -0.673. The van der Waals surface area contributed by atoms with Crippen LogP contribution in [0.1, 0.15) is 0 Å². The molecule has 2 rings (SSSR count). The van der Waals surface area contributed by atoms with E-state index in [1.165, 1.54) is 12.1 Å². The average molecular weight is 215 g/mol. The van der Waals surface area contributed by atoms with Crippen LogP contribution in [-0.2, 0) is 0 Å². The Morgan fingerprint density at radius 1 is 1.25 bits per heavy atom. The molecule has 78 valence electrons. The van der Waals surface area contributed by atoms with Gasteiger partial charge in [-0.15, -0.1) is 0 Å². The fourth-order valence-corrected chi connectivity index (χ4v) is 1.57. The van der Waals surface area contributed by atoms with Gasteiger partial charge in [-0.05, 0) is 17.9 Å².